The largest absolute Gasteiger partial charge is 0.465 e. The number of piperidine rings is 1. The first-order valence-electron chi connectivity index (χ1n) is 7.99. The van der Waals surface area contributed by atoms with E-state index in [-0.39, 0.29) is 5.91 Å². The van der Waals surface area contributed by atoms with Crippen LogP contribution in [0.5, 0.6) is 0 Å². The number of hydrogen-bond donors (Lipinski definition) is 1. The van der Waals surface area contributed by atoms with Gasteiger partial charge < -0.3 is 14.9 Å². The van der Waals surface area contributed by atoms with Gasteiger partial charge in [-0.2, -0.15) is 0 Å². The first-order valence-corrected chi connectivity index (χ1v) is 7.99. The summed E-state index contributed by atoms with van der Waals surface area (Å²) in [6, 6.07) is 7.93. The van der Waals surface area contributed by atoms with Gasteiger partial charge >= 0.3 is 6.09 Å². The van der Waals surface area contributed by atoms with Gasteiger partial charge in [-0.25, -0.2) is 4.79 Å². The predicted octanol–water partition coefficient (Wildman–Crippen LogP) is 2.47. The molecule has 0 atom stereocenters. The monoisotopic (exact) mass is 302 g/mol. The quantitative estimate of drug-likeness (QED) is 0.869. The number of aryl methyl sites for hydroxylation is 1. The summed E-state index contributed by atoms with van der Waals surface area (Å²) in [4.78, 5) is 26.1. The van der Waals surface area contributed by atoms with E-state index in [0.29, 0.717) is 19.0 Å². The van der Waals surface area contributed by atoms with Crippen molar-refractivity contribution in [1.29, 1.82) is 0 Å². The zero-order valence-corrected chi connectivity index (χ0v) is 12.7. The minimum atomic E-state index is -0.801. The zero-order chi connectivity index (χ0) is 15.5. The molecule has 5 heteroatoms. The second-order valence-electron chi connectivity index (χ2n) is 6.24. The highest BCUT2D eigenvalue weighted by atomic mass is 16.4. The molecule has 5 nitrogen and oxygen atoms in total. The average molecular weight is 302 g/mol. The maximum Gasteiger partial charge on any atom is 0.407 e. The van der Waals surface area contributed by atoms with Gasteiger partial charge in [-0.3, -0.25) is 4.79 Å². The number of rotatable bonds is 4. The van der Waals surface area contributed by atoms with E-state index in [0.717, 1.165) is 44.3 Å². The normalized spacial score (nSPS) is 18.4. The van der Waals surface area contributed by atoms with Crippen LogP contribution in [0.2, 0.25) is 0 Å². The Labute approximate surface area is 130 Å². The van der Waals surface area contributed by atoms with Gasteiger partial charge in [0, 0.05) is 31.7 Å². The smallest absolute Gasteiger partial charge is 0.407 e. The lowest BCUT2D eigenvalue weighted by atomic mass is 9.90. The van der Waals surface area contributed by atoms with Crippen molar-refractivity contribution in [3.8, 4) is 0 Å². The molecule has 2 aliphatic heterocycles. The minimum absolute atomic E-state index is 0.132. The van der Waals surface area contributed by atoms with Gasteiger partial charge in [0.1, 0.15) is 0 Å². The number of carboxylic acid groups (broad SMARTS) is 1. The highest BCUT2D eigenvalue weighted by Crippen LogP contribution is 2.23. The number of hydrogen-bond acceptors (Lipinski definition) is 2. The summed E-state index contributed by atoms with van der Waals surface area (Å²) in [6.07, 6.45) is 3.20. The van der Waals surface area contributed by atoms with E-state index in [1.807, 2.05) is 29.2 Å². The molecule has 2 heterocycles. The van der Waals surface area contributed by atoms with Gasteiger partial charge in [-0.15, -0.1) is 0 Å². The third-order valence-electron chi connectivity index (χ3n) is 4.66. The van der Waals surface area contributed by atoms with Gasteiger partial charge in [-0.05, 0) is 49.3 Å². The van der Waals surface area contributed by atoms with E-state index < -0.39 is 6.09 Å². The Morgan fingerprint density at radius 2 is 1.64 bits per heavy atom. The fourth-order valence-electron chi connectivity index (χ4n) is 3.03. The van der Waals surface area contributed by atoms with E-state index in [4.69, 9.17) is 5.11 Å². The van der Waals surface area contributed by atoms with Crippen molar-refractivity contribution < 1.29 is 14.7 Å². The lowest BCUT2D eigenvalue weighted by molar-refractivity contribution is 0.0885. The molecule has 0 bridgehead atoms. The summed E-state index contributed by atoms with van der Waals surface area (Å²) < 4.78 is 0. The van der Waals surface area contributed by atoms with Crippen molar-refractivity contribution in [2.45, 2.75) is 25.7 Å². The van der Waals surface area contributed by atoms with Crippen molar-refractivity contribution in [2.24, 2.45) is 5.92 Å². The summed E-state index contributed by atoms with van der Waals surface area (Å²) in [7, 11) is 0. The van der Waals surface area contributed by atoms with E-state index in [1.54, 1.807) is 0 Å². The Morgan fingerprint density at radius 3 is 2.18 bits per heavy atom. The SMILES string of the molecule is O=C(O)N1CCC(CCc2ccc(C(=O)N3CC3)cc2)CC1. The van der Waals surface area contributed by atoms with Crippen molar-refractivity contribution in [1.82, 2.24) is 9.80 Å². The molecule has 118 valence electrons. The van der Waals surface area contributed by atoms with Crippen molar-refractivity contribution in [3.63, 3.8) is 0 Å². The Balaban J connectivity index is 1.46. The third-order valence-corrected chi connectivity index (χ3v) is 4.66. The molecule has 2 aliphatic rings. The molecular weight excluding hydrogens is 280 g/mol. The summed E-state index contributed by atoms with van der Waals surface area (Å²) >= 11 is 0. The first kappa shape index (κ1) is 14.9. The standard InChI is InChI=1S/C17H22N2O3/c20-16(18-11-12-18)15-5-3-13(4-6-15)1-2-14-7-9-19(10-8-14)17(21)22/h3-6,14H,1-2,7-12H2,(H,21,22). The molecule has 0 saturated carbocycles. The Kier molecular flexibility index (Phi) is 4.32. The molecule has 1 aromatic rings. The molecule has 22 heavy (non-hydrogen) atoms. The number of nitrogens with zero attached hydrogens (tertiary/aromatic N) is 2. The highest BCUT2D eigenvalue weighted by Gasteiger charge is 2.25. The molecule has 1 N–H and O–H groups in total. The van der Waals surface area contributed by atoms with Gasteiger partial charge in [0.25, 0.3) is 5.91 Å². The molecule has 1 aromatic carbocycles. The van der Waals surface area contributed by atoms with Gasteiger partial charge in [-0.1, -0.05) is 12.1 Å². The topological polar surface area (TPSA) is 60.6 Å². The van der Waals surface area contributed by atoms with Crippen molar-refractivity contribution in [2.75, 3.05) is 26.2 Å². The van der Waals surface area contributed by atoms with Crippen molar-refractivity contribution >= 4 is 12.0 Å². The van der Waals surface area contributed by atoms with Crippen LogP contribution in [0, 0.1) is 5.92 Å². The van der Waals surface area contributed by atoms with Crippen LogP contribution in [0.1, 0.15) is 35.2 Å². The van der Waals surface area contributed by atoms with Crippen molar-refractivity contribution in [3.05, 3.63) is 35.4 Å². The molecule has 0 aromatic heterocycles. The van der Waals surface area contributed by atoms with Crippen LogP contribution in [0.4, 0.5) is 4.79 Å². The maximum atomic E-state index is 11.9. The van der Waals surface area contributed by atoms with Crippen LogP contribution in [-0.2, 0) is 6.42 Å². The number of likely N-dealkylation sites (tertiary alicyclic amines) is 1. The Bertz CT molecular complexity index is 544. The summed E-state index contributed by atoms with van der Waals surface area (Å²) in [5.41, 5.74) is 2.03. The number of benzene rings is 1. The van der Waals surface area contributed by atoms with Gasteiger partial charge in [0.05, 0.1) is 0 Å². The van der Waals surface area contributed by atoms with E-state index >= 15 is 0 Å². The molecule has 3 rings (SSSR count). The van der Waals surface area contributed by atoms with Crippen LogP contribution < -0.4 is 0 Å². The predicted molar refractivity (Wildman–Crippen MR) is 83.0 cm³/mol. The van der Waals surface area contributed by atoms with Gasteiger partial charge in [0.15, 0.2) is 0 Å². The Hall–Kier alpha value is -2.04. The van der Waals surface area contributed by atoms with Crippen LogP contribution in [0.25, 0.3) is 0 Å². The molecular formula is C17H22N2O3. The van der Waals surface area contributed by atoms with Crippen LogP contribution in [0.15, 0.2) is 24.3 Å². The summed E-state index contributed by atoms with van der Waals surface area (Å²) in [6.45, 7) is 3.08. The average Bonchev–Trinajstić information content (AvgIpc) is 3.38. The molecule has 0 spiro atoms. The van der Waals surface area contributed by atoms with E-state index in [2.05, 4.69) is 0 Å². The van der Waals surface area contributed by atoms with Crippen LogP contribution in [-0.4, -0.2) is 53.1 Å². The van der Waals surface area contributed by atoms with Crippen LogP contribution >= 0.6 is 0 Å². The van der Waals surface area contributed by atoms with E-state index in [9.17, 15) is 9.59 Å². The number of carbonyl (C=O) groups excluding carboxylic acids is 1. The first-order chi connectivity index (χ1) is 10.6. The second kappa shape index (κ2) is 6.38. The zero-order valence-electron chi connectivity index (χ0n) is 12.7. The summed E-state index contributed by atoms with van der Waals surface area (Å²) in [5, 5.41) is 8.94. The lowest BCUT2D eigenvalue weighted by Gasteiger charge is -2.29. The Morgan fingerprint density at radius 1 is 1.00 bits per heavy atom. The fourth-order valence-corrected chi connectivity index (χ4v) is 3.03. The molecule has 2 saturated heterocycles. The number of carbonyl (C=O) groups is 2. The second-order valence-corrected chi connectivity index (χ2v) is 6.24. The van der Waals surface area contributed by atoms with E-state index in [1.165, 1.54) is 10.5 Å². The molecule has 0 unspecified atom stereocenters. The van der Waals surface area contributed by atoms with Crippen LogP contribution in [0.3, 0.4) is 0 Å². The fraction of sp³-hybridized carbons (Fsp3) is 0.529. The third kappa shape index (κ3) is 3.59. The molecule has 0 radical (unpaired) electrons. The highest BCUT2D eigenvalue weighted by molar-refractivity contribution is 5.95. The maximum absolute atomic E-state index is 11.9. The summed E-state index contributed by atoms with van der Waals surface area (Å²) in [5.74, 6) is 0.738. The molecule has 0 aliphatic carbocycles. The number of amides is 2. The van der Waals surface area contributed by atoms with Gasteiger partial charge in [0.2, 0.25) is 0 Å². The molecule has 2 amide bonds. The molecule has 2 fully saturated rings. The lowest BCUT2D eigenvalue weighted by Crippen LogP contribution is -2.37. The minimum Gasteiger partial charge on any atom is -0.465 e.